The number of anilines is 1. The second kappa shape index (κ2) is 10.8. The molecule has 7 nitrogen and oxygen atoms in total. The number of benzene rings is 3. The van der Waals surface area contributed by atoms with Gasteiger partial charge in [0.2, 0.25) is 0 Å². The molecule has 2 amide bonds. The lowest BCUT2D eigenvalue weighted by molar-refractivity contribution is -0.157. The first-order valence-corrected chi connectivity index (χ1v) is 11.8. The maximum Gasteiger partial charge on any atom is 0.333 e. The van der Waals surface area contributed by atoms with Crippen molar-refractivity contribution in [2.45, 2.75) is 32.4 Å². The Morgan fingerprint density at radius 2 is 1.73 bits per heavy atom. The molecule has 0 aliphatic heterocycles. The van der Waals surface area contributed by atoms with E-state index in [1.54, 1.807) is 81.6 Å². The normalized spacial score (nSPS) is 12.0. The number of urea groups is 1. The van der Waals surface area contributed by atoms with E-state index in [1.165, 1.54) is 12.1 Å². The van der Waals surface area contributed by atoms with Gasteiger partial charge in [-0.15, -0.1) is 0 Å². The number of ether oxygens (including phenoxy) is 2. The number of fused-ring (bicyclic) bond motifs is 1. The van der Waals surface area contributed by atoms with Crippen molar-refractivity contribution < 1.29 is 23.5 Å². The number of rotatable bonds is 6. The molecule has 190 valence electrons. The molecule has 0 aliphatic rings. The average molecular weight is 522 g/mol. The fourth-order valence-electron chi connectivity index (χ4n) is 3.55. The van der Waals surface area contributed by atoms with Gasteiger partial charge in [-0.1, -0.05) is 41.9 Å². The topological polar surface area (TPSA) is 89.5 Å². The van der Waals surface area contributed by atoms with E-state index in [0.29, 0.717) is 27.2 Å². The maximum atomic E-state index is 14.9. The van der Waals surface area contributed by atoms with Gasteiger partial charge in [-0.3, -0.25) is 4.98 Å². The zero-order valence-electron chi connectivity index (χ0n) is 20.4. The van der Waals surface area contributed by atoms with Crippen LogP contribution in [0.3, 0.4) is 0 Å². The Bertz CT molecular complexity index is 1440. The number of nitrogens with one attached hydrogen (secondary N) is 2. The summed E-state index contributed by atoms with van der Waals surface area (Å²) in [5.74, 6) is -0.940. The Hall–Kier alpha value is -4.17. The Labute approximate surface area is 218 Å². The van der Waals surface area contributed by atoms with Gasteiger partial charge in [0.1, 0.15) is 11.4 Å². The van der Waals surface area contributed by atoms with E-state index >= 15 is 0 Å². The van der Waals surface area contributed by atoms with Gasteiger partial charge in [-0.05, 0) is 62.7 Å². The number of nitrogens with zero attached hydrogens (tertiary/aromatic N) is 1. The minimum absolute atomic E-state index is 0.0377. The van der Waals surface area contributed by atoms with Crippen LogP contribution in [0.2, 0.25) is 5.02 Å². The van der Waals surface area contributed by atoms with Gasteiger partial charge >= 0.3 is 12.0 Å². The Morgan fingerprint density at radius 1 is 0.973 bits per heavy atom. The molecule has 0 radical (unpaired) electrons. The summed E-state index contributed by atoms with van der Waals surface area (Å²) in [5.41, 5.74) is 0.587. The zero-order chi connectivity index (χ0) is 26.6. The summed E-state index contributed by atoms with van der Waals surface area (Å²) in [6.07, 6.45) is 1.54. The molecule has 1 atom stereocenters. The van der Waals surface area contributed by atoms with Crippen LogP contribution >= 0.6 is 11.6 Å². The van der Waals surface area contributed by atoms with Gasteiger partial charge < -0.3 is 20.1 Å². The number of aromatic nitrogens is 1. The van der Waals surface area contributed by atoms with Crippen molar-refractivity contribution in [1.82, 2.24) is 10.3 Å². The van der Waals surface area contributed by atoms with E-state index < -0.39 is 29.5 Å². The molecule has 4 rings (SSSR count). The Kier molecular flexibility index (Phi) is 7.59. The van der Waals surface area contributed by atoms with Crippen LogP contribution in [0.1, 0.15) is 32.4 Å². The van der Waals surface area contributed by atoms with E-state index in [4.69, 9.17) is 21.1 Å². The number of pyridine rings is 1. The third-order valence-corrected chi connectivity index (χ3v) is 5.36. The SMILES string of the molecule is CC(C)(C)OC(=O)C(NC(=O)Nc1ccc(Oc2ccnc3cc(Cl)ccc23)c(F)c1)c1ccccc1. The van der Waals surface area contributed by atoms with Crippen LogP contribution in [-0.2, 0) is 9.53 Å². The first-order valence-electron chi connectivity index (χ1n) is 11.5. The van der Waals surface area contributed by atoms with Gasteiger partial charge in [0.05, 0.1) is 5.52 Å². The zero-order valence-corrected chi connectivity index (χ0v) is 21.2. The molecule has 0 spiro atoms. The molecule has 0 fully saturated rings. The van der Waals surface area contributed by atoms with Crippen molar-refractivity contribution in [1.29, 1.82) is 0 Å². The van der Waals surface area contributed by atoms with Gasteiger partial charge in [-0.2, -0.15) is 0 Å². The summed E-state index contributed by atoms with van der Waals surface area (Å²) < 4.78 is 26.1. The number of hydrogen-bond acceptors (Lipinski definition) is 5. The van der Waals surface area contributed by atoms with Gasteiger partial charge in [0, 0.05) is 28.4 Å². The van der Waals surface area contributed by atoms with Crippen LogP contribution < -0.4 is 15.4 Å². The monoisotopic (exact) mass is 521 g/mol. The van der Waals surface area contributed by atoms with E-state index in [1.807, 2.05) is 0 Å². The molecule has 9 heteroatoms. The lowest BCUT2D eigenvalue weighted by atomic mass is 10.1. The number of carbonyl (C=O) groups excluding carboxylic acids is 2. The highest BCUT2D eigenvalue weighted by atomic mass is 35.5. The fraction of sp³-hybridized carbons (Fsp3) is 0.179. The molecule has 2 N–H and O–H groups in total. The summed E-state index contributed by atoms with van der Waals surface area (Å²) in [5, 5.41) is 6.35. The van der Waals surface area contributed by atoms with Crippen LogP contribution in [0.4, 0.5) is 14.9 Å². The van der Waals surface area contributed by atoms with Crippen LogP contribution in [0.15, 0.2) is 79.0 Å². The molecule has 1 heterocycles. The summed E-state index contributed by atoms with van der Waals surface area (Å²) in [6, 6.07) is 17.7. The first kappa shape index (κ1) is 25.9. The Morgan fingerprint density at radius 3 is 2.43 bits per heavy atom. The summed E-state index contributed by atoms with van der Waals surface area (Å²) in [4.78, 5) is 29.7. The van der Waals surface area contributed by atoms with Crippen molar-refractivity contribution in [2.75, 3.05) is 5.32 Å². The third-order valence-electron chi connectivity index (χ3n) is 5.13. The predicted molar refractivity (Wildman–Crippen MR) is 140 cm³/mol. The highest BCUT2D eigenvalue weighted by Gasteiger charge is 2.28. The van der Waals surface area contributed by atoms with Crippen LogP contribution in [0, 0.1) is 5.82 Å². The number of esters is 1. The van der Waals surface area contributed by atoms with Crippen LogP contribution in [-0.4, -0.2) is 22.6 Å². The van der Waals surface area contributed by atoms with Crippen molar-refractivity contribution in [2.24, 2.45) is 0 Å². The largest absolute Gasteiger partial charge is 0.458 e. The predicted octanol–water partition coefficient (Wildman–Crippen LogP) is 7.02. The molecule has 37 heavy (non-hydrogen) atoms. The second-order valence-corrected chi connectivity index (χ2v) is 9.63. The number of carbonyl (C=O) groups is 2. The smallest absolute Gasteiger partial charge is 0.333 e. The molecule has 1 aromatic heterocycles. The summed E-state index contributed by atoms with van der Waals surface area (Å²) in [7, 11) is 0. The molecular weight excluding hydrogens is 497 g/mol. The fourth-order valence-corrected chi connectivity index (χ4v) is 3.71. The minimum atomic E-state index is -1.05. The number of hydrogen-bond donors (Lipinski definition) is 2. The van der Waals surface area contributed by atoms with Crippen LogP contribution in [0.5, 0.6) is 11.5 Å². The summed E-state index contributed by atoms with van der Waals surface area (Å²) >= 11 is 6.02. The van der Waals surface area contributed by atoms with E-state index in [-0.39, 0.29) is 11.4 Å². The quantitative estimate of drug-likeness (QED) is 0.266. The Balaban J connectivity index is 1.48. The van der Waals surface area contributed by atoms with Gasteiger partial charge in [-0.25, -0.2) is 14.0 Å². The lowest BCUT2D eigenvalue weighted by Gasteiger charge is -2.25. The van der Waals surface area contributed by atoms with E-state index in [0.717, 1.165) is 6.07 Å². The molecule has 0 saturated carbocycles. The van der Waals surface area contributed by atoms with Crippen molar-refractivity contribution in [3.8, 4) is 11.5 Å². The highest BCUT2D eigenvalue weighted by Crippen LogP contribution is 2.32. The molecule has 1 unspecified atom stereocenters. The second-order valence-electron chi connectivity index (χ2n) is 9.19. The highest BCUT2D eigenvalue weighted by molar-refractivity contribution is 6.31. The van der Waals surface area contributed by atoms with Crippen LogP contribution in [0.25, 0.3) is 10.9 Å². The van der Waals surface area contributed by atoms with E-state index in [2.05, 4.69) is 15.6 Å². The molecular formula is C28H25ClFN3O4. The number of halogens is 2. The molecule has 3 aromatic carbocycles. The lowest BCUT2D eigenvalue weighted by Crippen LogP contribution is -2.40. The third kappa shape index (κ3) is 6.74. The molecule has 0 aliphatic carbocycles. The molecule has 0 bridgehead atoms. The van der Waals surface area contributed by atoms with Crippen molar-refractivity contribution >= 4 is 40.2 Å². The number of amides is 2. The molecule has 4 aromatic rings. The minimum Gasteiger partial charge on any atom is -0.458 e. The van der Waals surface area contributed by atoms with Crippen molar-refractivity contribution in [3.05, 3.63) is 95.4 Å². The standard InChI is InChI=1S/C28H25ClFN3O4/c1-28(2,3)37-26(34)25(17-7-5-4-6-8-17)33-27(35)32-19-10-12-24(21(30)16-19)36-23-13-14-31-22-15-18(29)9-11-20(22)23/h4-16,25H,1-3H3,(H2,32,33,35). The van der Waals surface area contributed by atoms with Gasteiger partial charge in [0.25, 0.3) is 0 Å². The van der Waals surface area contributed by atoms with Gasteiger partial charge in [0.15, 0.2) is 17.6 Å². The first-order chi connectivity index (χ1) is 17.6. The average Bonchev–Trinajstić information content (AvgIpc) is 2.83. The molecule has 0 saturated heterocycles. The van der Waals surface area contributed by atoms with Crippen molar-refractivity contribution in [3.63, 3.8) is 0 Å². The van der Waals surface area contributed by atoms with E-state index in [9.17, 15) is 14.0 Å². The maximum absolute atomic E-state index is 14.9. The summed E-state index contributed by atoms with van der Waals surface area (Å²) in [6.45, 7) is 5.22.